The Morgan fingerprint density at radius 3 is 3.04 bits per heavy atom. The fourth-order valence-corrected chi connectivity index (χ4v) is 2.58. The molecule has 0 radical (unpaired) electrons. The van der Waals surface area contributed by atoms with Crippen molar-refractivity contribution in [3.63, 3.8) is 0 Å². The van der Waals surface area contributed by atoms with Crippen molar-refractivity contribution in [3.05, 3.63) is 53.5 Å². The molecule has 7 heteroatoms. The van der Waals surface area contributed by atoms with Gasteiger partial charge in [0, 0.05) is 25.8 Å². The molecule has 0 atom stereocenters. The zero-order valence-corrected chi connectivity index (χ0v) is 12.9. The number of piperazine rings is 1. The second-order valence-corrected chi connectivity index (χ2v) is 5.42. The van der Waals surface area contributed by atoms with Crippen molar-refractivity contribution in [1.82, 2.24) is 10.3 Å². The molecule has 1 saturated heterocycles. The standard InChI is InChI=1S/C17H16FN5O/c18-14-8-12(10-22-17-13(9-19)2-1-5-21-17)3-4-15(14)23-7-6-20-16(24)11-23/h1-5,8H,6-7,10-11H2,(H,20,24)(H,21,22). The number of anilines is 2. The lowest BCUT2D eigenvalue weighted by atomic mass is 10.1. The van der Waals surface area contributed by atoms with E-state index in [4.69, 9.17) is 5.26 Å². The van der Waals surface area contributed by atoms with E-state index in [1.807, 2.05) is 0 Å². The average molecular weight is 325 g/mol. The highest BCUT2D eigenvalue weighted by molar-refractivity contribution is 5.82. The van der Waals surface area contributed by atoms with Gasteiger partial charge in [0.1, 0.15) is 17.7 Å². The lowest BCUT2D eigenvalue weighted by Gasteiger charge is -2.29. The molecular weight excluding hydrogens is 309 g/mol. The summed E-state index contributed by atoms with van der Waals surface area (Å²) in [4.78, 5) is 17.3. The number of amides is 1. The Labute approximate surface area is 138 Å². The molecule has 24 heavy (non-hydrogen) atoms. The number of pyridine rings is 1. The van der Waals surface area contributed by atoms with E-state index in [0.29, 0.717) is 36.7 Å². The minimum atomic E-state index is -0.370. The number of carbonyl (C=O) groups excluding carboxylic acids is 1. The summed E-state index contributed by atoms with van der Waals surface area (Å²) in [6.45, 7) is 1.61. The summed E-state index contributed by atoms with van der Waals surface area (Å²) in [5, 5.41) is 14.8. The van der Waals surface area contributed by atoms with Crippen LogP contribution >= 0.6 is 0 Å². The molecule has 2 N–H and O–H groups in total. The van der Waals surface area contributed by atoms with Gasteiger partial charge in [-0.15, -0.1) is 0 Å². The molecule has 1 aliphatic heterocycles. The molecule has 1 aromatic heterocycles. The molecule has 1 fully saturated rings. The number of benzene rings is 1. The minimum Gasteiger partial charge on any atom is -0.365 e. The van der Waals surface area contributed by atoms with Crippen molar-refractivity contribution in [1.29, 1.82) is 5.26 Å². The predicted molar refractivity (Wildman–Crippen MR) is 87.9 cm³/mol. The number of hydrogen-bond donors (Lipinski definition) is 2. The first-order chi connectivity index (χ1) is 11.7. The van der Waals surface area contributed by atoms with E-state index in [0.717, 1.165) is 5.56 Å². The maximum atomic E-state index is 14.4. The van der Waals surface area contributed by atoms with Crippen molar-refractivity contribution in [2.75, 3.05) is 29.9 Å². The van der Waals surface area contributed by atoms with Gasteiger partial charge in [0.15, 0.2) is 0 Å². The summed E-state index contributed by atoms with van der Waals surface area (Å²) >= 11 is 0. The van der Waals surface area contributed by atoms with Gasteiger partial charge in [0.05, 0.1) is 17.8 Å². The normalized spacial score (nSPS) is 14.0. The molecular formula is C17H16FN5O. The van der Waals surface area contributed by atoms with E-state index in [-0.39, 0.29) is 18.3 Å². The number of carbonyl (C=O) groups is 1. The van der Waals surface area contributed by atoms with Crippen LogP contribution in [0.2, 0.25) is 0 Å². The van der Waals surface area contributed by atoms with Crippen LogP contribution in [0, 0.1) is 17.1 Å². The summed E-state index contributed by atoms with van der Waals surface area (Å²) in [7, 11) is 0. The van der Waals surface area contributed by atoms with Gasteiger partial charge in [-0.25, -0.2) is 9.37 Å². The van der Waals surface area contributed by atoms with E-state index in [2.05, 4.69) is 21.7 Å². The second kappa shape index (κ2) is 6.96. The van der Waals surface area contributed by atoms with Gasteiger partial charge in [-0.3, -0.25) is 4.79 Å². The zero-order chi connectivity index (χ0) is 16.9. The Morgan fingerprint density at radius 1 is 1.42 bits per heavy atom. The van der Waals surface area contributed by atoms with Crippen LogP contribution in [0.5, 0.6) is 0 Å². The largest absolute Gasteiger partial charge is 0.365 e. The Balaban J connectivity index is 1.71. The lowest BCUT2D eigenvalue weighted by molar-refractivity contribution is -0.120. The van der Waals surface area contributed by atoms with Crippen LogP contribution in [0.1, 0.15) is 11.1 Å². The van der Waals surface area contributed by atoms with Gasteiger partial charge in [-0.1, -0.05) is 6.07 Å². The first kappa shape index (κ1) is 15.7. The highest BCUT2D eigenvalue weighted by Gasteiger charge is 2.19. The van der Waals surface area contributed by atoms with Crippen molar-refractivity contribution >= 4 is 17.4 Å². The molecule has 0 aliphatic carbocycles. The van der Waals surface area contributed by atoms with Gasteiger partial charge in [-0.2, -0.15) is 5.26 Å². The van der Waals surface area contributed by atoms with Gasteiger partial charge < -0.3 is 15.5 Å². The molecule has 1 aromatic carbocycles. The van der Waals surface area contributed by atoms with Crippen LogP contribution in [0.3, 0.4) is 0 Å². The highest BCUT2D eigenvalue weighted by atomic mass is 19.1. The Hall–Kier alpha value is -3.14. The van der Waals surface area contributed by atoms with Crippen molar-refractivity contribution in [3.8, 4) is 6.07 Å². The maximum absolute atomic E-state index is 14.4. The fourth-order valence-electron chi connectivity index (χ4n) is 2.58. The Bertz CT molecular complexity index is 802. The summed E-state index contributed by atoms with van der Waals surface area (Å²) in [6, 6.07) is 10.3. The number of nitrogens with zero attached hydrogens (tertiary/aromatic N) is 3. The van der Waals surface area contributed by atoms with E-state index < -0.39 is 0 Å². The van der Waals surface area contributed by atoms with E-state index in [1.165, 1.54) is 6.07 Å². The van der Waals surface area contributed by atoms with Crippen molar-refractivity contribution in [2.24, 2.45) is 0 Å². The third-order valence-corrected chi connectivity index (χ3v) is 3.78. The molecule has 3 rings (SSSR count). The molecule has 0 unspecified atom stereocenters. The number of nitriles is 1. The Morgan fingerprint density at radius 2 is 2.29 bits per heavy atom. The summed E-state index contributed by atoms with van der Waals surface area (Å²) < 4.78 is 14.4. The SMILES string of the molecule is N#Cc1cccnc1NCc1ccc(N2CCNC(=O)C2)c(F)c1. The fraction of sp³-hybridized carbons (Fsp3) is 0.235. The molecule has 2 aromatic rings. The number of hydrogen-bond acceptors (Lipinski definition) is 5. The molecule has 1 aliphatic rings. The van der Waals surface area contributed by atoms with Crippen LogP contribution < -0.4 is 15.5 Å². The lowest BCUT2D eigenvalue weighted by Crippen LogP contribution is -2.48. The van der Waals surface area contributed by atoms with Gasteiger partial charge >= 0.3 is 0 Å². The number of rotatable bonds is 4. The Kier molecular flexibility index (Phi) is 4.57. The van der Waals surface area contributed by atoms with Gasteiger partial charge in [0.25, 0.3) is 0 Å². The van der Waals surface area contributed by atoms with Crippen LogP contribution in [0.15, 0.2) is 36.5 Å². The van der Waals surface area contributed by atoms with Crippen LogP contribution in [-0.2, 0) is 11.3 Å². The molecule has 2 heterocycles. The predicted octanol–water partition coefficient (Wildman–Crippen LogP) is 1.64. The van der Waals surface area contributed by atoms with Crippen molar-refractivity contribution in [2.45, 2.75) is 6.54 Å². The first-order valence-electron chi connectivity index (χ1n) is 7.56. The molecule has 6 nitrogen and oxygen atoms in total. The minimum absolute atomic E-state index is 0.106. The van der Waals surface area contributed by atoms with Crippen LogP contribution in [0.25, 0.3) is 0 Å². The smallest absolute Gasteiger partial charge is 0.239 e. The summed E-state index contributed by atoms with van der Waals surface area (Å²) in [5.74, 6) is -0.00621. The first-order valence-corrected chi connectivity index (χ1v) is 7.56. The third kappa shape index (κ3) is 3.43. The van der Waals surface area contributed by atoms with E-state index >= 15 is 0 Å². The quantitative estimate of drug-likeness (QED) is 0.893. The number of aromatic nitrogens is 1. The molecule has 0 saturated carbocycles. The monoisotopic (exact) mass is 325 g/mol. The van der Waals surface area contributed by atoms with Gasteiger partial charge in [-0.05, 0) is 29.8 Å². The van der Waals surface area contributed by atoms with Crippen LogP contribution in [-0.4, -0.2) is 30.5 Å². The summed E-state index contributed by atoms with van der Waals surface area (Å²) in [6.07, 6.45) is 1.59. The second-order valence-electron chi connectivity index (χ2n) is 5.42. The van der Waals surface area contributed by atoms with Crippen molar-refractivity contribution < 1.29 is 9.18 Å². The third-order valence-electron chi connectivity index (χ3n) is 3.78. The molecule has 0 spiro atoms. The molecule has 122 valence electrons. The molecule has 1 amide bonds. The van der Waals surface area contributed by atoms with Gasteiger partial charge in [0.2, 0.25) is 5.91 Å². The average Bonchev–Trinajstić information content (AvgIpc) is 2.60. The topological polar surface area (TPSA) is 81.1 Å². The van der Waals surface area contributed by atoms with Crippen LogP contribution in [0.4, 0.5) is 15.9 Å². The van der Waals surface area contributed by atoms with E-state index in [9.17, 15) is 9.18 Å². The molecule has 0 bridgehead atoms. The number of halogens is 1. The number of nitrogens with one attached hydrogen (secondary N) is 2. The van der Waals surface area contributed by atoms with E-state index in [1.54, 1.807) is 35.4 Å². The highest BCUT2D eigenvalue weighted by Crippen LogP contribution is 2.22. The summed E-state index contributed by atoms with van der Waals surface area (Å²) in [5.41, 5.74) is 1.59. The maximum Gasteiger partial charge on any atom is 0.239 e. The zero-order valence-electron chi connectivity index (χ0n) is 12.9.